The number of phenolic OH excluding ortho intramolecular Hbond substituents is 1. The van der Waals surface area contributed by atoms with Crippen molar-refractivity contribution in [2.24, 2.45) is 12.0 Å². The summed E-state index contributed by atoms with van der Waals surface area (Å²) in [4.78, 5) is 6.94. The first-order valence-corrected chi connectivity index (χ1v) is 9.10. The van der Waals surface area contributed by atoms with Crippen molar-refractivity contribution >= 4 is 5.96 Å². The summed E-state index contributed by atoms with van der Waals surface area (Å²) in [5, 5.41) is 17.5. The number of nitrogens with zero attached hydrogens (tertiary/aromatic N) is 4. The number of guanidine groups is 1. The highest BCUT2D eigenvalue weighted by Crippen LogP contribution is 2.26. The Hall–Kier alpha value is -2.74. The van der Waals surface area contributed by atoms with E-state index >= 15 is 0 Å². The van der Waals surface area contributed by atoms with Crippen LogP contribution in [0, 0.1) is 0 Å². The van der Waals surface area contributed by atoms with Gasteiger partial charge in [-0.3, -0.25) is 4.68 Å². The van der Waals surface area contributed by atoms with E-state index in [1.807, 2.05) is 32.4 Å². The molecule has 8 nitrogen and oxygen atoms in total. The Bertz CT molecular complexity index is 789. The normalized spacial score (nSPS) is 17.8. The molecule has 2 aromatic rings. The number of hydrogen-bond acceptors (Lipinski definition) is 5. The first-order valence-electron chi connectivity index (χ1n) is 9.10. The molecule has 0 amide bonds. The highest BCUT2D eigenvalue weighted by molar-refractivity contribution is 5.80. The van der Waals surface area contributed by atoms with E-state index in [9.17, 15) is 5.11 Å². The largest absolute Gasteiger partial charge is 0.504 e. The molecule has 0 bridgehead atoms. The lowest BCUT2D eigenvalue weighted by molar-refractivity contribution is -0.00805. The SMILES string of the molecule is CCNC(=NCc1ccc(OC)c(O)c1)N1CCOC(c2cnn(C)c2)C1. The predicted molar refractivity (Wildman–Crippen MR) is 103 cm³/mol. The number of hydrogen-bond donors (Lipinski definition) is 2. The summed E-state index contributed by atoms with van der Waals surface area (Å²) in [6, 6.07) is 5.34. The third kappa shape index (κ3) is 4.71. The molecule has 1 unspecified atom stereocenters. The molecule has 0 radical (unpaired) electrons. The topological polar surface area (TPSA) is 84.1 Å². The second-order valence-electron chi connectivity index (χ2n) is 6.43. The summed E-state index contributed by atoms with van der Waals surface area (Å²) >= 11 is 0. The fourth-order valence-corrected chi connectivity index (χ4v) is 3.08. The predicted octanol–water partition coefficient (Wildman–Crippen LogP) is 1.67. The van der Waals surface area contributed by atoms with Gasteiger partial charge in [-0.1, -0.05) is 6.07 Å². The molecule has 0 aliphatic carbocycles. The number of methoxy groups -OCH3 is 1. The first kappa shape index (κ1) is 19.0. The monoisotopic (exact) mass is 373 g/mol. The zero-order valence-corrected chi connectivity index (χ0v) is 16.1. The molecule has 1 saturated heterocycles. The van der Waals surface area contributed by atoms with E-state index in [1.165, 1.54) is 7.11 Å². The molecule has 1 aromatic carbocycles. The summed E-state index contributed by atoms with van der Waals surface area (Å²) in [5.41, 5.74) is 1.99. The highest BCUT2D eigenvalue weighted by atomic mass is 16.5. The minimum Gasteiger partial charge on any atom is -0.504 e. The smallest absolute Gasteiger partial charge is 0.194 e. The van der Waals surface area contributed by atoms with E-state index in [-0.39, 0.29) is 11.9 Å². The first-order chi connectivity index (χ1) is 13.1. The van der Waals surface area contributed by atoms with Crippen LogP contribution in [0.5, 0.6) is 11.5 Å². The summed E-state index contributed by atoms with van der Waals surface area (Å²) in [6.45, 7) is 5.42. The van der Waals surface area contributed by atoms with Gasteiger partial charge in [0, 0.05) is 31.9 Å². The Morgan fingerprint density at radius 1 is 1.48 bits per heavy atom. The maximum atomic E-state index is 9.95. The van der Waals surface area contributed by atoms with Crippen molar-refractivity contribution in [2.75, 3.05) is 33.4 Å². The fourth-order valence-electron chi connectivity index (χ4n) is 3.08. The molecule has 146 valence electrons. The second kappa shape index (κ2) is 8.77. The van der Waals surface area contributed by atoms with Gasteiger partial charge in [-0.2, -0.15) is 5.10 Å². The lowest BCUT2D eigenvalue weighted by Gasteiger charge is -2.34. The lowest BCUT2D eigenvalue weighted by atomic mass is 10.1. The molecule has 3 rings (SSSR count). The van der Waals surface area contributed by atoms with Crippen molar-refractivity contribution in [1.82, 2.24) is 20.0 Å². The molecule has 0 spiro atoms. The lowest BCUT2D eigenvalue weighted by Crippen LogP contribution is -2.48. The average Bonchev–Trinajstić information content (AvgIpc) is 3.12. The van der Waals surface area contributed by atoms with Gasteiger partial charge in [-0.15, -0.1) is 0 Å². The van der Waals surface area contributed by atoms with Crippen LogP contribution in [0.2, 0.25) is 0 Å². The van der Waals surface area contributed by atoms with Gasteiger partial charge >= 0.3 is 0 Å². The molecule has 1 atom stereocenters. The van der Waals surface area contributed by atoms with Crippen LogP contribution in [0.4, 0.5) is 0 Å². The number of benzene rings is 1. The maximum Gasteiger partial charge on any atom is 0.194 e. The number of aromatic nitrogens is 2. The molecular weight excluding hydrogens is 346 g/mol. The van der Waals surface area contributed by atoms with Gasteiger partial charge in [0.25, 0.3) is 0 Å². The molecule has 1 aliphatic heterocycles. The van der Waals surface area contributed by atoms with E-state index < -0.39 is 0 Å². The summed E-state index contributed by atoms with van der Waals surface area (Å²) in [6.07, 6.45) is 3.80. The van der Waals surface area contributed by atoms with Crippen molar-refractivity contribution in [1.29, 1.82) is 0 Å². The van der Waals surface area contributed by atoms with Crippen molar-refractivity contribution in [2.45, 2.75) is 19.6 Å². The van der Waals surface area contributed by atoms with Crippen LogP contribution in [0.25, 0.3) is 0 Å². The van der Waals surface area contributed by atoms with E-state index in [0.29, 0.717) is 25.4 Å². The van der Waals surface area contributed by atoms with Crippen molar-refractivity contribution in [3.63, 3.8) is 0 Å². The van der Waals surface area contributed by atoms with Gasteiger partial charge in [0.15, 0.2) is 17.5 Å². The molecular formula is C19H27N5O3. The van der Waals surface area contributed by atoms with Crippen LogP contribution < -0.4 is 10.1 Å². The number of ether oxygens (including phenoxy) is 2. The Morgan fingerprint density at radius 3 is 3.00 bits per heavy atom. The van der Waals surface area contributed by atoms with Gasteiger partial charge in [0.1, 0.15) is 6.10 Å². The zero-order valence-electron chi connectivity index (χ0n) is 16.1. The average molecular weight is 373 g/mol. The second-order valence-corrected chi connectivity index (χ2v) is 6.43. The van der Waals surface area contributed by atoms with Crippen molar-refractivity contribution < 1.29 is 14.6 Å². The standard InChI is InChI=1S/C19H27N5O3/c1-4-20-19(21-10-14-5-6-17(26-3)16(25)9-14)24-7-8-27-18(13-24)15-11-22-23(2)12-15/h5-6,9,11-12,18,25H,4,7-8,10,13H2,1-3H3,(H,20,21). The Kier molecular flexibility index (Phi) is 6.18. The third-order valence-electron chi connectivity index (χ3n) is 4.45. The van der Waals surface area contributed by atoms with Crippen molar-refractivity contribution in [3.8, 4) is 11.5 Å². The molecule has 1 aliphatic rings. The molecule has 2 N–H and O–H groups in total. The van der Waals surface area contributed by atoms with Gasteiger partial charge < -0.3 is 24.8 Å². The Labute approximate surface area is 159 Å². The third-order valence-corrected chi connectivity index (χ3v) is 4.45. The summed E-state index contributed by atoms with van der Waals surface area (Å²) in [7, 11) is 3.44. The molecule has 2 heterocycles. The Balaban J connectivity index is 1.71. The van der Waals surface area contributed by atoms with Gasteiger partial charge in [-0.05, 0) is 24.6 Å². The molecule has 1 fully saturated rings. The number of aryl methyl sites for hydroxylation is 1. The van der Waals surface area contributed by atoms with Crippen LogP contribution in [0.1, 0.15) is 24.2 Å². The van der Waals surface area contributed by atoms with Gasteiger partial charge in [0.2, 0.25) is 0 Å². The molecule has 0 saturated carbocycles. The van der Waals surface area contributed by atoms with Crippen LogP contribution >= 0.6 is 0 Å². The van der Waals surface area contributed by atoms with Crippen LogP contribution in [0.15, 0.2) is 35.6 Å². The molecule has 27 heavy (non-hydrogen) atoms. The number of nitrogens with one attached hydrogen (secondary N) is 1. The van der Waals surface area contributed by atoms with Gasteiger partial charge in [-0.25, -0.2) is 4.99 Å². The van der Waals surface area contributed by atoms with E-state index in [0.717, 1.165) is 30.2 Å². The van der Waals surface area contributed by atoms with E-state index in [4.69, 9.17) is 14.5 Å². The summed E-state index contributed by atoms with van der Waals surface area (Å²) < 4.78 is 12.8. The summed E-state index contributed by atoms with van der Waals surface area (Å²) in [5.74, 6) is 1.42. The van der Waals surface area contributed by atoms with Crippen LogP contribution in [-0.2, 0) is 18.3 Å². The van der Waals surface area contributed by atoms with Crippen LogP contribution in [0.3, 0.4) is 0 Å². The fraction of sp³-hybridized carbons (Fsp3) is 0.474. The molecule has 1 aromatic heterocycles. The molecule has 8 heteroatoms. The zero-order chi connectivity index (χ0) is 19.2. The number of phenols is 1. The number of aromatic hydroxyl groups is 1. The van der Waals surface area contributed by atoms with E-state index in [1.54, 1.807) is 16.8 Å². The highest BCUT2D eigenvalue weighted by Gasteiger charge is 2.25. The quantitative estimate of drug-likeness (QED) is 0.613. The minimum absolute atomic E-state index is 0.0265. The number of rotatable bonds is 5. The minimum atomic E-state index is -0.0265. The van der Waals surface area contributed by atoms with Crippen molar-refractivity contribution in [3.05, 3.63) is 41.7 Å². The van der Waals surface area contributed by atoms with E-state index in [2.05, 4.69) is 15.3 Å². The number of aliphatic imine (C=N–C) groups is 1. The van der Waals surface area contributed by atoms with Crippen LogP contribution in [-0.4, -0.2) is 59.1 Å². The van der Waals surface area contributed by atoms with Gasteiger partial charge in [0.05, 0.1) is 33.0 Å². The number of morpholine rings is 1. The maximum absolute atomic E-state index is 9.95. The Morgan fingerprint density at radius 2 is 2.33 bits per heavy atom.